The van der Waals surface area contributed by atoms with Crippen molar-refractivity contribution in [2.75, 3.05) is 0 Å². The highest BCUT2D eigenvalue weighted by molar-refractivity contribution is 5.84. The van der Waals surface area contributed by atoms with Gasteiger partial charge in [-0.2, -0.15) is 0 Å². The van der Waals surface area contributed by atoms with E-state index < -0.39 is 0 Å². The Morgan fingerprint density at radius 2 is 1.92 bits per heavy atom. The summed E-state index contributed by atoms with van der Waals surface area (Å²) in [6.45, 7) is 4.11. The lowest BCUT2D eigenvalue weighted by atomic mass is 10.1. The average Bonchev–Trinajstić information content (AvgIpc) is 2.12. The van der Waals surface area contributed by atoms with E-state index in [4.69, 9.17) is 0 Å². The van der Waals surface area contributed by atoms with Crippen molar-refractivity contribution in [3.63, 3.8) is 0 Å². The average molecular weight is 156 g/mol. The number of pyridine rings is 1. The first-order valence-electron chi connectivity index (χ1n) is 4.02. The van der Waals surface area contributed by atoms with E-state index in [2.05, 4.69) is 24.2 Å². The molecule has 1 heterocycles. The third kappa shape index (κ3) is 0.981. The smallest absolute Gasteiger partial charge is 0.0974 e. The Hall–Kier alpha value is -1.37. The minimum absolute atomic E-state index is 1.06. The highest BCUT2D eigenvalue weighted by Crippen LogP contribution is 2.17. The van der Waals surface area contributed by atoms with Crippen molar-refractivity contribution < 1.29 is 0 Å². The Balaban J connectivity index is 2.91. The van der Waals surface area contributed by atoms with Crippen molar-refractivity contribution in [2.24, 2.45) is 0 Å². The van der Waals surface area contributed by atoms with E-state index in [-0.39, 0.29) is 0 Å². The van der Waals surface area contributed by atoms with Crippen molar-refractivity contribution in [1.29, 1.82) is 0 Å². The second kappa shape index (κ2) is 2.59. The minimum Gasteiger partial charge on any atom is -0.251 e. The van der Waals surface area contributed by atoms with E-state index in [1.165, 1.54) is 10.9 Å². The zero-order chi connectivity index (χ0) is 8.55. The van der Waals surface area contributed by atoms with Gasteiger partial charge in [0, 0.05) is 11.1 Å². The molecule has 1 aromatic heterocycles. The minimum atomic E-state index is 1.06. The van der Waals surface area contributed by atoms with Crippen molar-refractivity contribution in [3.8, 4) is 0 Å². The molecule has 1 nitrogen and oxygen atoms in total. The second-order valence-electron chi connectivity index (χ2n) is 2.98. The monoisotopic (exact) mass is 156 g/mol. The molecule has 0 saturated heterocycles. The van der Waals surface area contributed by atoms with Crippen LogP contribution in [0.5, 0.6) is 0 Å². The van der Waals surface area contributed by atoms with Gasteiger partial charge in [-0.05, 0) is 24.8 Å². The molecule has 0 fully saturated rings. The molecule has 0 aliphatic rings. The fourth-order valence-corrected chi connectivity index (χ4v) is 1.33. The van der Waals surface area contributed by atoms with Crippen molar-refractivity contribution >= 4 is 10.8 Å². The molecule has 0 bridgehead atoms. The van der Waals surface area contributed by atoms with Crippen LogP contribution in [-0.2, 0) is 0 Å². The van der Waals surface area contributed by atoms with Gasteiger partial charge in [0.15, 0.2) is 0 Å². The summed E-state index contributed by atoms with van der Waals surface area (Å²) in [5, 5.41) is 2.35. The van der Waals surface area contributed by atoms with Gasteiger partial charge in [0.1, 0.15) is 0 Å². The summed E-state index contributed by atoms with van der Waals surface area (Å²) in [5.74, 6) is 0. The molecule has 59 valence electrons. The first-order chi connectivity index (χ1) is 5.79. The number of fused-ring (bicyclic) bond motifs is 1. The molecule has 12 heavy (non-hydrogen) atoms. The molecule has 1 radical (unpaired) electrons. The zero-order valence-corrected chi connectivity index (χ0v) is 7.26. The Morgan fingerprint density at radius 1 is 1.17 bits per heavy atom. The molecule has 0 aliphatic heterocycles. The van der Waals surface area contributed by atoms with Crippen LogP contribution in [0.3, 0.4) is 0 Å². The molecule has 0 amide bonds. The van der Waals surface area contributed by atoms with Crippen LogP contribution < -0.4 is 0 Å². The molecule has 1 aromatic carbocycles. The topological polar surface area (TPSA) is 12.9 Å². The third-order valence-electron chi connectivity index (χ3n) is 2.22. The number of aryl methyl sites for hydroxylation is 2. The molecule has 2 aromatic rings. The lowest BCUT2D eigenvalue weighted by molar-refractivity contribution is 1.17. The van der Waals surface area contributed by atoms with Gasteiger partial charge in [-0.1, -0.05) is 24.3 Å². The van der Waals surface area contributed by atoms with Crippen LogP contribution in [0.2, 0.25) is 0 Å². The van der Waals surface area contributed by atoms with Crippen molar-refractivity contribution in [2.45, 2.75) is 13.8 Å². The van der Waals surface area contributed by atoms with Gasteiger partial charge >= 0.3 is 0 Å². The summed E-state index contributed by atoms with van der Waals surface area (Å²) in [5.41, 5.74) is 2.32. The molecule has 0 atom stereocenters. The van der Waals surface area contributed by atoms with Gasteiger partial charge in [0.2, 0.25) is 0 Å². The predicted octanol–water partition coefficient (Wildman–Crippen LogP) is 2.65. The molecular weight excluding hydrogens is 146 g/mol. The number of hydrogen-bond acceptors (Lipinski definition) is 1. The van der Waals surface area contributed by atoms with E-state index in [1.54, 1.807) is 0 Å². The van der Waals surface area contributed by atoms with Crippen LogP contribution >= 0.6 is 0 Å². The highest BCUT2D eigenvalue weighted by Gasteiger charge is 1.99. The normalized spacial score (nSPS) is 10.5. The van der Waals surface area contributed by atoms with E-state index in [9.17, 15) is 0 Å². The molecule has 0 spiro atoms. The van der Waals surface area contributed by atoms with Crippen LogP contribution in [-0.4, -0.2) is 4.98 Å². The van der Waals surface area contributed by atoms with Crippen molar-refractivity contribution in [1.82, 2.24) is 4.98 Å². The number of benzene rings is 1. The highest BCUT2D eigenvalue weighted by atomic mass is 14.7. The largest absolute Gasteiger partial charge is 0.251 e. The number of nitrogens with zero attached hydrogens (tertiary/aromatic N) is 1. The second-order valence-corrected chi connectivity index (χ2v) is 2.98. The van der Waals surface area contributed by atoms with Gasteiger partial charge < -0.3 is 0 Å². The SMILES string of the molecule is Cc1n[c]c2ccccc2c1C. The lowest BCUT2D eigenvalue weighted by Gasteiger charge is -2.02. The molecule has 1 heteroatoms. The summed E-state index contributed by atoms with van der Waals surface area (Å²) < 4.78 is 0. The van der Waals surface area contributed by atoms with Crippen molar-refractivity contribution in [3.05, 3.63) is 41.7 Å². The van der Waals surface area contributed by atoms with E-state index in [0.29, 0.717) is 0 Å². The third-order valence-corrected chi connectivity index (χ3v) is 2.22. The maximum atomic E-state index is 4.18. The van der Waals surface area contributed by atoms with Crippen LogP contribution in [0.15, 0.2) is 24.3 Å². The van der Waals surface area contributed by atoms with Gasteiger partial charge in [0.05, 0.1) is 6.20 Å². The van der Waals surface area contributed by atoms with Crippen LogP contribution in [0.4, 0.5) is 0 Å². The summed E-state index contributed by atoms with van der Waals surface area (Å²) in [4.78, 5) is 4.18. The lowest BCUT2D eigenvalue weighted by Crippen LogP contribution is -1.87. The summed E-state index contributed by atoms with van der Waals surface area (Å²) in [6.07, 6.45) is 3.01. The fraction of sp³-hybridized carbons (Fsp3) is 0.182. The molecular formula is C11H10N. The molecule has 0 saturated carbocycles. The molecule has 0 aliphatic carbocycles. The number of aromatic nitrogens is 1. The Kier molecular flexibility index (Phi) is 1.58. The standard InChI is InChI=1S/C11H10N/c1-8-9(2)12-7-10-5-3-4-6-11(8)10/h3-6H,1-2H3. The molecule has 0 unspecified atom stereocenters. The van der Waals surface area contributed by atoms with Gasteiger partial charge in [-0.3, -0.25) is 4.98 Å². The van der Waals surface area contributed by atoms with Gasteiger partial charge in [0.25, 0.3) is 0 Å². The fourth-order valence-electron chi connectivity index (χ4n) is 1.33. The zero-order valence-electron chi connectivity index (χ0n) is 7.26. The predicted molar refractivity (Wildman–Crippen MR) is 50.1 cm³/mol. The van der Waals surface area contributed by atoms with Crippen LogP contribution in [0.25, 0.3) is 10.8 Å². The van der Waals surface area contributed by atoms with E-state index >= 15 is 0 Å². The number of hydrogen-bond donors (Lipinski definition) is 0. The maximum absolute atomic E-state index is 4.18. The summed E-state index contributed by atoms with van der Waals surface area (Å²) in [7, 11) is 0. The number of rotatable bonds is 0. The maximum Gasteiger partial charge on any atom is 0.0974 e. The Labute approximate surface area is 72.1 Å². The molecule has 0 N–H and O–H groups in total. The first-order valence-corrected chi connectivity index (χ1v) is 4.02. The van der Waals surface area contributed by atoms with Crippen LogP contribution in [0, 0.1) is 20.0 Å². The van der Waals surface area contributed by atoms with Gasteiger partial charge in [-0.25, -0.2) is 0 Å². The first kappa shape index (κ1) is 7.29. The van der Waals surface area contributed by atoms with E-state index in [1.807, 2.05) is 25.1 Å². The van der Waals surface area contributed by atoms with E-state index in [0.717, 1.165) is 11.1 Å². The van der Waals surface area contributed by atoms with Crippen LogP contribution in [0.1, 0.15) is 11.3 Å². The molecule has 2 rings (SSSR count). The Bertz CT molecular complexity index is 418. The summed E-state index contributed by atoms with van der Waals surface area (Å²) >= 11 is 0. The van der Waals surface area contributed by atoms with Gasteiger partial charge in [-0.15, -0.1) is 0 Å². The Morgan fingerprint density at radius 3 is 2.75 bits per heavy atom. The summed E-state index contributed by atoms with van der Waals surface area (Å²) in [6, 6.07) is 8.20. The quantitative estimate of drug-likeness (QED) is 0.571.